The van der Waals surface area contributed by atoms with Crippen molar-refractivity contribution < 1.29 is 0 Å². The molecule has 2 aromatic heterocycles. The molecule has 2 aliphatic rings. The molecule has 4 rings (SSSR count). The minimum absolute atomic E-state index is 0.0613. The lowest BCUT2D eigenvalue weighted by Crippen LogP contribution is -2.30. The number of nitrogens with one attached hydrogen (secondary N) is 2. The van der Waals surface area contributed by atoms with Crippen LogP contribution < -0.4 is 10.9 Å². The number of thiophene rings is 1. The second kappa shape index (κ2) is 8.27. The van der Waals surface area contributed by atoms with Gasteiger partial charge in [0.15, 0.2) is 0 Å². The number of H-pyrrole nitrogens is 1. The molecule has 1 atom stereocenters. The fourth-order valence-electron chi connectivity index (χ4n) is 4.95. The largest absolute Gasteiger partial charge is 0.309 e. The van der Waals surface area contributed by atoms with E-state index in [1.807, 2.05) is 0 Å². The van der Waals surface area contributed by atoms with Gasteiger partial charge in [0, 0.05) is 10.9 Å². The maximum atomic E-state index is 12.8. The SMILES string of the molecule is CC(C)(C)[C@H]1CCc2c(sc3nc(CNC4CCCCCCC4)[nH]c(=O)c23)C1. The third-order valence-electron chi connectivity index (χ3n) is 6.86. The van der Waals surface area contributed by atoms with Gasteiger partial charge in [0.25, 0.3) is 5.56 Å². The summed E-state index contributed by atoms with van der Waals surface area (Å²) in [7, 11) is 0. The second-order valence-electron chi connectivity index (χ2n) is 9.93. The molecule has 2 N–H and O–H groups in total. The molecule has 2 heterocycles. The van der Waals surface area contributed by atoms with Crippen molar-refractivity contribution in [3.8, 4) is 0 Å². The highest BCUT2D eigenvalue weighted by Gasteiger charge is 2.31. The number of hydrogen-bond donors (Lipinski definition) is 2. The van der Waals surface area contributed by atoms with E-state index in [2.05, 4.69) is 31.1 Å². The first kappa shape index (κ1) is 20.1. The fourth-order valence-corrected chi connectivity index (χ4v) is 6.27. The van der Waals surface area contributed by atoms with Crippen molar-refractivity contribution in [2.24, 2.45) is 11.3 Å². The minimum atomic E-state index is 0.0613. The van der Waals surface area contributed by atoms with Crippen LogP contribution in [0.1, 0.15) is 88.4 Å². The lowest BCUT2D eigenvalue weighted by molar-refractivity contribution is 0.218. The molecule has 2 aliphatic carbocycles. The van der Waals surface area contributed by atoms with Crippen LogP contribution in [-0.2, 0) is 19.4 Å². The zero-order valence-corrected chi connectivity index (χ0v) is 18.5. The van der Waals surface area contributed by atoms with E-state index in [9.17, 15) is 4.79 Å². The summed E-state index contributed by atoms with van der Waals surface area (Å²) in [6, 6.07) is 0.561. The van der Waals surface area contributed by atoms with Crippen molar-refractivity contribution in [1.82, 2.24) is 15.3 Å². The summed E-state index contributed by atoms with van der Waals surface area (Å²) in [5.74, 6) is 1.48. The summed E-state index contributed by atoms with van der Waals surface area (Å²) in [6.07, 6.45) is 12.5. The standard InChI is InChI=1S/C23H35N3OS/c1-23(2,3)15-11-12-17-18(13-15)28-22-20(17)21(27)25-19(26-22)14-24-16-9-7-5-4-6-8-10-16/h15-16,24H,4-14H2,1-3H3,(H,25,26,27)/t15-/m0/s1. The Balaban J connectivity index is 1.52. The van der Waals surface area contributed by atoms with E-state index in [1.54, 1.807) is 11.3 Å². The number of aryl methyl sites for hydroxylation is 1. The normalized spacial score (nSPS) is 22.0. The molecule has 0 amide bonds. The van der Waals surface area contributed by atoms with Gasteiger partial charge in [-0.15, -0.1) is 11.3 Å². The monoisotopic (exact) mass is 401 g/mol. The molecule has 0 bridgehead atoms. The van der Waals surface area contributed by atoms with Crippen molar-refractivity contribution in [2.75, 3.05) is 0 Å². The molecule has 1 saturated carbocycles. The van der Waals surface area contributed by atoms with Crippen molar-refractivity contribution >= 4 is 21.6 Å². The van der Waals surface area contributed by atoms with Crippen LogP contribution in [0.2, 0.25) is 0 Å². The molecule has 0 aliphatic heterocycles. The number of aromatic amines is 1. The smallest absolute Gasteiger partial charge is 0.259 e. The Morgan fingerprint density at radius 2 is 1.82 bits per heavy atom. The lowest BCUT2D eigenvalue weighted by atomic mass is 9.72. The third-order valence-corrected chi connectivity index (χ3v) is 8.00. The average Bonchev–Trinajstić information content (AvgIpc) is 2.98. The molecule has 5 heteroatoms. The lowest BCUT2D eigenvalue weighted by Gasteiger charge is -2.33. The highest BCUT2D eigenvalue weighted by molar-refractivity contribution is 7.18. The van der Waals surface area contributed by atoms with Gasteiger partial charge in [0.05, 0.1) is 11.9 Å². The van der Waals surface area contributed by atoms with E-state index in [0.29, 0.717) is 23.9 Å². The van der Waals surface area contributed by atoms with Crippen molar-refractivity contribution in [3.05, 3.63) is 26.6 Å². The van der Waals surface area contributed by atoms with Crippen LogP contribution in [0.5, 0.6) is 0 Å². The number of nitrogens with zero attached hydrogens (tertiary/aromatic N) is 1. The van der Waals surface area contributed by atoms with Crippen LogP contribution in [0.3, 0.4) is 0 Å². The van der Waals surface area contributed by atoms with Gasteiger partial charge < -0.3 is 10.3 Å². The Morgan fingerprint density at radius 3 is 2.54 bits per heavy atom. The maximum absolute atomic E-state index is 12.8. The Labute approximate surface area is 172 Å². The van der Waals surface area contributed by atoms with Crippen molar-refractivity contribution in [2.45, 2.75) is 97.6 Å². The van der Waals surface area contributed by atoms with Gasteiger partial charge >= 0.3 is 0 Å². The molecule has 0 radical (unpaired) electrons. The average molecular weight is 402 g/mol. The first-order valence-electron chi connectivity index (χ1n) is 11.2. The van der Waals surface area contributed by atoms with Crippen LogP contribution in [-0.4, -0.2) is 16.0 Å². The molecule has 4 nitrogen and oxygen atoms in total. The predicted molar refractivity (Wildman–Crippen MR) is 118 cm³/mol. The molecule has 0 unspecified atom stereocenters. The quantitative estimate of drug-likeness (QED) is 0.730. The van der Waals surface area contributed by atoms with Crippen LogP contribution >= 0.6 is 11.3 Å². The van der Waals surface area contributed by atoms with Gasteiger partial charge in [-0.05, 0) is 49.0 Å². The van der Waals surface area contributed by atoms with E-state index in [4.69, 9.17) is 4.98 Å². The van der Waals surface area contributed by atoms with Crippen molar-refractivity contribution in [1.29, 1.82) is 0 Å². The second-order valence-corrected chi connectivity index (χ2v) is 11.0. The minimum Gasteiger partial charge on any atom is -0.309 e. The molecule has 0 aromatic carbocycles. The first-order valence-corrected chi connectivity index (χ1v) is 12.0. The summed E-state index contributed by atoms with van der Waals surface area (Å²) >= 11 is 1.76. The van der Waals surface area contributed by atoms with E-state index in [1.165, 1.54) is 61.8 Å². The van der Waals surface area contributed by atoms with Gasteiger partial charge in [0.1, 0.15) is 10.7 Å². The predicted octanol–water partition coefficient (Wildman–Crippen LogP) is 5.34. The van der Waals surface area contributed by atoms with Gasteiger partial charge in [-0.1, -0.05) is 52.9 Å². The highest BCUT2D eigenvalue weighted by Crippen LogP contribution is 2.41. The summed E-state index contributed by atoms with van der Waals surface area (Å²) < 4.78 is 0. The summed E-state index contributed by atoms with van der Waals surface area (Å²) in [6.45, 7) is 7.67. The number of hydrogen-bond acceptors (Lipinski definition) is 4. The first-order chi connectivity index (χ1) is 13.4. The van der Waals surface area contributed by atoms with Gasteiger partial charge in [-0.25, -0.2) is 4.98 Å². The molecular weight excluding hydrogens is 366 g/mol. The zero-order valence-electron chi connectivity index (χ0n) is 17.7. The van der Waals surface area contributed by atoms with Crippen LogP contribution in [0.15, 0.2) is 4.79 Å². The zero-order chi connectivity index (χ0) is 19.7. The van der Waals surface area contributed by atoms with E-state index >= 15 is 0 Å². The van der Waals surface area contributed by atoms with E-state index in [0.717, 1.165) is 28.9 Å². The third kappa shape index (κ3) is 4.35. The Hall–Kier alpha value is -1.20. The molecule has 154 valence electrons. The Morgan fingerprint density at radius 1 is 1.11 bits per heavy atom. The summed E-state index contributed by atoms with van der Waals surface area (Å²) in [4.78, 5) is 23.1. The van der Waals surface area contributed by atoms with Crippen LogP contribution in [0.4, 0.5) is 0 Å². The maximum Gasteiger partial charge on any atom is 0.259 e. The molecule has 2 aromatic rings. The topological polar surface area (TPSA) is 57.8 Å². The van der Waals surface area contributed by atoms with Crippen LogP contribution in [0.25, 0.3) is 10.2 Å². The van der Waals surface area contributed by atoms with Crippen LogP contribution in [0, 0.1) is 11.3 Å². The highest BCUT2D eigenvalue weighted by atomic mass is 32.1. The molecule has 1 fully saturated rings. The summed E-state index contributed by atoms with van der Waals surface area (Å²) in [5, 5.41) is 4.52. The number of rotatable bonds is 3. The Kier molecular flexibility index (Phi) is 5.93. The number of aromatic nitrogens is 2. The summed E-state index contributed by atoms with van der Waals surface area (Å²) in [5.41, 5.74) is 1.65. The Bertz CT molecular complexity index is 868. The molecule has 0 spiro atoms. The molecule has 0 saturated heterocycles. The van der Waals surface area contributed by atoms with E-state index < -0.39 is 0 Å². The molecule has 28 heavy (non-hydrogen) atoms. The van der Waals surface area contributed by atoms with Gasteiger partial charge in [-0.3, -0.25) is 4.79 Å². The van der Waals surface area contributed by atoms with Gasteiger partial charge in [0.2, 0.25) is 0 Å². The van der Waals surface area contributed by atoms with E-state index in [-0.39, 0.29) is 5.56 Å². The van der Waals surface area contributed by atoms with Crippen molar-refractivity contribution in [3.63, 3.8) is 0 Å². The fraction of sp³-hybridized carbons (Fsp3) is 0.739. The number of fused-ring (bicyclic) bond motifs is 3. The molecular formula is C23H35N3OS. The van der Waals surface area contributed by atoms with Gasteiger partial charge in [-0.2, -0.15) is 0 Å².